The highest BCUT2D eigenvalue weighted by molar-refractivity contribution is 5.94. The van der Waals surface area contributed by atoms with Gasteiger partial charge in [0, 0.05) is 5.56 Å². The fraction of sp³-hybridized carbons (Fsp3) is 0.364. The van der Waals surface area contributed by atoms with E-state index in [-0.39, 0.29) is 5.56 Å². The van der Waals surface area contributed by atoms with E-state index in [4.69, 9.17) is 0 Å². The van der Waals surface area contributed by atoms with Crippen molar-refractivity contribution >= 4 is 5.91 Å². The Morgan fingerprint density at radius 3 is 2.12 bits per heavy atom. The molecule has 0 aliphatic heterocycles. The number of alkyl halides is 3. The van der Waals surface area contributed by atoms with Crippen LogP contribution in [0.4, 0.5) is 13.2 Å². The average molecular weight is 231 g/mol. The maximum Gasteiger partial charge on any atom is 0.405 e. The van der Waals surface area contributed by atoms with Gasteiger partial charge in [0.25, 0.3) is 5.91 Å². The lowest BCUT2D eigenvalue weighted by Crippen LogP contribution is -2.33. The Morgan fingerprint density at radius 2 is 1.69 bits per heavy atom. The highest BCUT2D eigenvalue weighted by Crippen LogP contribution is 2.13. The van der Waals surface area contributed by atoms with Gasteiger partial charge in [-0.2, -0.15) is 13.2 Å². The number of aryl methyl sites for hydroxylation is 2. The summed E-state index contributed by atoms with van der Waals surface area (Å²) in [6.07, 6.45) is -4.38. The molecule has 0 bridgehead atoms. The van der Waals surface area contributed by atoms with E-state index in [9.17, 15) is 18.0 Å². The summed E-state index contributed by atoms with van der Waals surface area (Å²) < 4.78 is 35.6. The molecule has 1 amide bonds. The highest BCUT2D eigenvalue weighted by Gasteiger charge is 2.27. The van der Waals surface area contributed by atoms with E-state index in [1.165, 1.54) is 0 Å². The molecule has 0 saturated carbocycles. The summed E-state index contributed by atoms with van der Waals surface area (Å²) in [4.78, 5) is 11.4. The molecule has 1 aromatic carbocycles. The van der Waals surface area contributed by atoms with Crippen molar-refractivity contribution in [1.82, 2.24) is 5.32 Å². The summed E-state index contributed by atoms with van der Waals surface area (Å²) in [6, 6.07) is 4.96. The first-order valence-electron chi connectivity index (χ1n) is 4.71. The Labute approximate surface area is 91.5 Å². The maximum absolute atomic E-state index is 11.9. The Balaban J connectivity index is 2.73. The lowest BCUT2D eigenvalue weighted by Gasteiger charge is -2.09. The Bertz CT molecular complexity index is 378. The number of carbonyl (C=O) groups is 1. The first-order chi connectivity index (χ1) is 7.28. The molecule has 1 rings (SSSR count). The minimum Gasteiger partial charge on any atom is -0.343 e. The number of carbonyl (C=O) groups excluding carboxylic acids is 1. The van der Waals surface area contributed by atoms with Gasteiger partial charge in [-0.3, -0.25) is 4.79 Å². The maximum atomic E-state index is 11.9. The van der Waals surface area contributed by atoms with Crippen molar-refractivity contribution in [1.29, 1.82) is 0 Å². The van der Waals surface area contributed by atoms with Gasteiger partial charge in [0.05, 0.1) is 0 Å². The zero-order valence-corrected chi connectivity index (χ0v) is 8.98. The third-order valence-corrected chi connectivity index (χ3v) is 1.93. The van der Waals surface area contributed by atoms with Crippen LogP contribution in [-0.4, -0.2) is 18.6 Å². The van der Waals surface area contributed by atoms with Crippen LogP contribution in [0.5, 0.6) is 0 Å². The molecule has 0 aromatic heterocycles. The van der Waals surface area contributed by atoms with E-state index in [1.807, 2.05) is 11.4 Å². The molecule has 2 nitrogen and oxygen atoms in total. The fourth-order valence-corrected chi connectivity index (χ4v) is 1.39. The molecular weight excluding hydrogens is 219 g/mol. The van der Waals surface area contributed by atoms with Crippen LogP contribution in [0, 0.1) is 13.8 Å². The number of hydrogen-bond acceptors (Lipinski definition) is 1. The van der Waals surface area contributed by atoms with Crippen molar-refractivity contribution in [3.63, 3.8) is 0 Å². The Kier molecular flexibility index (Phi) is 3.57. The predicted octanol–water partition coefficient (Wildman–Crippen LogP) is 2.60. The van der Waals surface area contributed by atoms with Gasteiger partial charge in [0.15, 0.2) is 0 Å². The summed E-state index contributed by atoms with van der Waals surface area (Å²) in [5, 5.41) is 1.83. The van der Waals surface area contributed by atoms with E-state index in [0.717, 1.165) is 11.1 Å². The van der Waals surface area contributed by atoms with Crippen LogP contribution < -0.4 is 5.32 Å². The minimum absolute atomic E-state index is 0.252. The van der Waals surface area contributed by atoms with Crippen molar-refractivity contribution in [3.05, 3.63) is 34.9 Å². The van der Waals surface area contributed by atoms with E-state index in [1.54, 1.807) is 26.0 Å². The average Bonchev–Trinajstić information content (AvgIpc) is 2.11. The van der Waals surface area contributed by atoms with E-state index in [2.05, 4.69) is 0 Å². The molecule has 0 fully saturated rings. The van der Waals surface area contributed by atoms with Crippen molar-refractivity contribution in [3.8, 4) is 0 Å². The number of rotatable bonds is 2. The zero-order valence-electron chi connectivity index (χ0n) is 8.98. The van der Waals surface area contributed by atoms with Crippen LogP contribution >= 0.6 is 0 Å². The number of benzene rings is 1. The van der Waals surface area contributed by atoms with Crippen molar-refractivity contribution in [2.24, 2.45) is 0 Å². The lowest BCUT2D eigenvalue weighted by atomic mass is 10.1. The summed E-state index contributed by atoms with van der Waals surface area (Å²) in [5.74, 6) is -0.705. The second-order valence-corrected chi connectivity index (χ2v) is 3.67. The summed E-state index contributed by atoms with van der Waals surface area (Å²) >= 11 is 0. The molecule has 0 aliphatic carbocycles. The van der Waals surface area contributed by atoms with Gasteiger partial charge in [0.2, 0.25) is 0 Å². The first-order valence-corrected chi connectivity index (χ1v) is 4.71. The predicted molar refractivity (Wildman–Crippen MR) is 54.3 cm³/mol. The molecule has 0 aliphatic rings. The third-order valence-electron chi connectivity index (χ3n) is 1.93. The summed E-state index contributed by atoms with van der Waals surface area (Å²) in [5.41, 5.74) is 1.94. The number of halogens is 3. The molecule has 0 atom stereocenters. The largest absolute Gasteiger partial charge is 0.405 e. The molecule has 88 valence electrons. The van der Waals surface area contributed by atoms with Gasteiger partial charge in [-0.25, -0.2) is 0 Å². The smallest absolute Gasteiger partial charge is 0.343 e. The fourth-order valence-electron chi connectivity index (χ4n) is 1.39. The van der Waals surface area contributed by atoms with Gasteiger partial charge in [-0.15, -0.1) is 0 Å². The second kappa shape index (κ2) is 4.55. The normalized spacial score (nSPS) is 11.3. The molecule has 0 unspecified atom stereocenters. The van der Waals surface area contributed by atoms with Gasteiger partial charge in [0.1, 0.15) is 6.54 Å². The molecule has 0 heterocycles. The Morgan fingerprint density at radius 1 is 1.19 bits per heavy atom. The van der Waals surface area contributed by atoms with Crippen molar-refractivity contribution in [2.45, 2.75) is 20.0 Å². The van der Waals surface area contributed by atoms with E-state index < -0.39 is 18.6 Å². The quantitative estimate of drug-likeness (QED) is 0.832. The van der Waals surface area contributed by atoms with Gasteiger partial charge >= 0.3 is 6.18 Å². The minimum atomic E-state index is -4.38. The lowest BCUT2D eigenvalue weighted by molar-refractivity contribution is -0.123. The first kappa shape index (κ1) is 12.5. The summed E-state index contributed by atoms with van der Waals surface area (Å²) in [7, 11) is 0. The third kappa shape index (κ3) is 3.92. The van der Waals surface area contributed by atoms with Crippen LogP contribution in [0.25, 0.3) is 0 Å². The number of nitrogens with one attached hydrogen (secondary N) is 1. The van der Waals surface area contributed by atoms with Crippen molar-refractivity contribution in [2.75, 3.05) is 6.54 Å². The van der Waals surface area contributed by atoms with E-state index >= 15 is 0 Å². The molecule has 16 heavy (non-hydrogen) atoms. The van der Waals surface area contributed by atoms with Gasteiger partial charge in [-0.05, 0) is 26.0 Å². The van der Waals surface area contributed by atoms with Crippen LogP contribution in [0.3, 0.4) is 0 Å². The van der Waals surface area contributed by atoms with Crippen LogP contribution in [0.15, 0.2) is 18.2 Å². The molecular formula is C11H12F3NO. The van der Waals surface area contributed by atoms with Crippen LogP contribution in [-0.2, 0) is 0 Å². The molecule has 5 heteroatoms. The zero-order chi connectivity index (χ0) is 12.3. The topological polar surface area (TPSA) is 29.1 Å². The monoisotopic (exact) mass is 231 g/mol. The van der Waals surface area contributed by atoms with Gasteiger partial charge in [-0.1, -0.05) is 17.2 Å². The number of hydrogen-bond donors (Lipinski definition) is 1. The standard InChI is InChI=1S/C11H12F3NO/c1-7-3-8(2)5-9(4-7)10(16)15-6-11(12,13)14/h3-5H,6H2,1-2H3,(H,15,16). The number of amides is 1. The molecule has 1 aromatic rings. The van der Waals surface area contributed by atoms with Crippen molar-refractivity contribution < 1.29 is 18.0 Å². The molecule has 0 radical (unpaired) electrons. The molecule has 0 spiro atoms. The van der Waals surface area contributed by atoms with Crippen LogP contribution in [0.2, 0.25) is 0 Å². The van der Waals surface area contributed by atoms with Crippen LogP contribution in [0.1, 0.15) is 21.5 Å². The second-order valence-electron chi connectivity index (χ2n) is 3.67. The molecule has 0 saturated heterocycles. The Hall–Kier alpha value is -1.52. The summed E-state index contributed by atoms with van der Waals surface area (Å²) in [6.45, 7) is 2.26. The molecule has 1 N–H and O–H groups in total. The highest BCUT2D eigenvalue weighted by atomic mass is 19.4. The SMILES string of the molecule is Cc1cc(C)cc(C(=O)NCC(F)(F)F)c1. The van der Waals surface area contributed by atoms with Gasteiger partial charge < -0.3 is 5.32 Å². The van der Waals surface area contributed by atoms with E-state index in [0.29, 0.717) is 0 Å².